The molecule has 538 valence electrons. The van der Waals surface area contributed by atoms with Gasteiger partial charge in [-0.15, -0.1) is 5.54 Å². The monoisotopic (exact) mass is 1400 g/mol. The van der Waals surface area contributed by atoms with E-state index in [2.05, 4.69) is 105 Å². The normalized spacial score (nSPS) is 22.7. The molecule has 2 aliphatic carbocycles. The number of methoxy groups -OCH3 is 1. The molecule has 7 fully saturated rings. The van der Waals surface area contributed by atoms with Crippen molar-refractivity contribution in [1.82, 2.24) is 39.9 Å². The van der Waals surface area contributed by atoms with E-state index >= 15 is 4.39 Å². The fraction of sp³-hybridized carbons (Fsp3) is 0.628. The summed E-state index contributed by atoms with van der Waals surface area (Å²) in [7, 11) is -2.76. The number of carbonyl (C=O) groups excluding carboxylic acids is 4. The van der Waals surface area contributed by atoms with Crippen molar-refractivity contribution in [2.75, 3.05) is 95.8 Å². The highest BCUT2D eigenvalue weighted by Gasteiger charge is 2.54. The lowest BCUT2D eigenvalue weighted by Crippen LogP contribution is -2.59. The van der Waals surface area contributed by atoms with E-state index in [9.17, 15) is 19.2 Å². The third kappa shape index (κ3) is 14.1. The first-order chi connectivity index (χ1) is 47.8. The molecule has 22 heteroatoms. The van der Waals surface area contributed by atoms with Crippen LogP contribution in [-0.4, -0.2) is 191 Å². The summed E-state index contributed by atoms with van der Waals surface area (Å²) in [5.41, 5.74) is 9.04. The van der Waals surface area contributed by atoms with Gasteiger partial charge in [0.2, 0.25) is 11.8 Å². The number of hydrogen-bond donors (Lipinski definition) is 1. The van der Waals surface area contributed by atoms with Gasteiger partial charge in [-0.25, -0.2) is 9.18 Å². The SMILES string of the molecule is CC[Si](CC)(CC)OC1CC2CN(c3nc(OCC4(CN5CCC6(CC5)CC(CN5CCN(c7ccc8c(c7)CN([C@H]7CCC(=O)NC7=O)C8=O)CC5)C6)CC4)nc4c(F)c(-c5cc(OCOC)cc6cccc(C#C[Si](C(C)C)(C(C)C)C(C)C)c56)ncc34)CC1N2C(=O)OC(C)(C)C. The number of hydrogen-bond acceptors (Lipinski definition) is 16. The van der Waals surface area contributed by atoms with Crippen molar-refractivity contribution in [1.29, 1.82) is 0 Å². The number of imide groups is 1. The Kier molecular flexibility index (Phi) is 20.4. The smallest absolute Gasteiger partial charge is 0.411 e. The Morgan fingerprint density at radius 2 is 1.55 bits per heavy atom. The van der Waals surface area contributed by atoms with Crippen LogP contribution in [0.2, 0.25) is 34.8 Å². The summed E-state index contributed by atoms with van der Waals surface area (Å²) in [6, 6.07) is 17.7. The van der Waals surface area contributed by atoms with E-state index in [-0.39, 0.29) is 77.9 Å². The minimum atomic E-state index is -2.19. The second kappa shape index (κ2) is 28.5. The number of aromatic nitrogens is 3. The number of ether oxygens (including phenoxy) is 4. The van der Waals surface area contributed by atoms with Gasteiger partial charge in [0.15, 0.2) is 20.9 Å². The third-order valence-electron chi connectivity index (χ3n) is 24.4. The first-order valence-corrected chi connectivity index (χ1v) is 42.2. The molecule has 3 unspecified atom stereocenters. The van der Waals surface area contributed by atoms with Crippen molar-refractivity contribution in [3.05, 3.63) is 77.2 Å². The molecular formula is C78H107FN10O9Si2. The number of pyridine rings is 1. The van der Waals surface area contributed by atoms with Crippen LogP contribution in [0.5, 0.6) is 11.8 Å². The van der Waals surface area contributed by atoms with Crippen LogP contribution in [0.3, 0.4) is 0 Å². The molecule has 5 aromatic rings. The molecule has 13 rings (SSSR count). The number of fused-ring (bicyclic) bond motifs is 5. The van der Waals surface area contributed by atoms with E-state index in [1.807, 2.05) is 68.1 Å². The van der Waals surface area contributed by atoms with E-state index in [0.717, 1.165) is 111 Å². The number of nitrogens with zero attached hydrogens (tertiary/aromatic N) is 9. The number of benzene rings is 3. The Bertz CT molecular complexity index is 3940. The maximum Gasteiger partial charge on any atom is 0.411 e. The first-order valence-electron chi connectivity index (χ1n) is 37.4. The van der Waals surface area contributed by atoms with Crippen molar-refractivity contribution in [3.8, 4) is 34.5 Å². The molecule has 8 heterocycles. The largest absolute Gasteiger partial charge is 0.468 e. The van der Waals surface area contributed by atoms with Crippen LogP contribution in [-0.2, 0) is 30.0 Å². The average Bonchev–Trinajstić information content (AvgIpc) is 1.18. The number of anilines is 2. The molecular weight excluding hydrogens is 1300 g/mol. The Morgan fingerprint density at radius 1 is 0.830 bits per heavy atom. The zero-order valence-electron chi connectivity index (χ0n) is 61.6. The van der Waals surface area contributed by atoms with Crippen molar-refractivity contribution >= 4 is 73.4 Å². The van der Waals surface area contributed by atoms with E-state index in [4.69, 9.17) is 38.3 Å². The maximum absolute atomic E-state index is 18.6. The third-order valence-corrected chi connectivity index (χ3v) is 35.3. The van der Waals surface area contributed by atoms with Gasteiger partial charge in [0.1, 0.15) is 42.5 Å². The number of rotatable bonds is 22. The second-order valence-electron chi connectivity index (χ2n) is 32.6. The fourth-order valence-corrected chi connectivity index (χ4v) is 26.7. The van der Waals surface area contributed by atoms with Crippen molar-refractivity contribution < 1.29 is 46.9 Å². The van der Waals surface area contributed by atoms with E-state index in [1.54, 1.807) is 18.2 Å². The lowest BCUT2D eigenvalue weighted by molar-refractivity contribution is -0.136. The Hall–Kier alpha value is -6.75. The predicted molar refractivity (Wildman–Crippen MR) is 394 cm³/mol. The number of amides is 4. The summed E-state index contributed by atoms with van der Waals surface area (Å²) in [4.78, 5) is 81.1. The number of likely N-dealkylation sites (tertiary alicyclic amines) is 1. The zero-order valence-corrected chi connectivity index (χ0v) is 63.6. The van der Waals surface area contributed by atoms with Gasteiger partial charge in [-0.1, -0.05) is 80.4 Å². The Labute approximate surface area is 593 Å². The van der Waals surface area contributed by atoms with E-state index in [0.29, 0.717) is 95.1 Å². The topological polar surface area (TPSA) is 185 Å². The summed E-state index contributed by atoms with van der Waals surface area (Å²) >= 11 is 0. The molecule has 1 spiro atoms. The fourth-order valence-electron chi connectivity index (χ4n) is 18.6. The molecule has 3 aromatic carbocycles. The Balaban J connectivity index is 0.728. The number of halogens is 1. The second-order valence-corrected chi connectivity index (χ2v) is 42.9. The number of piperidine rings is 2. The minimum Gasteiger partial charge on any atom is -0.468 e. The van der Waals surface area contributed by atoms with Crippen LogP contribution >= 0.6 is 0 Å². The quantitative estimate of drug-likeness (QED) is 0.0298. The molecule has 2 bridgehead atoms. The molecule has 1 N–H and O–H groups in total. The zero-order chi connectivity index (χ0) is 70.8. The van der Waals surface area contributed by atoms with Gasteiger partial charge < -0.3 is 43.0 Å². The van der Waals surface area contributed by atoms with Crippen LogP contribution in [0, 0.1) is 34.0 Å². The maximum atomic E-state index is 18.6. The number of piperazine rings is 2. The van der Waals surface area contributed by atoms with Gasteiger partial charge in [-0.3, -0.25) is 34.5 Å². The minimum absolute atomic E-state index is 0.000937. The van der Waals surface area contributed by atoms with E-state index < -0.39 is 33.9 Å². The Morgan fingerprint density at radius 3 is 2.21 bits per heavy atom. The van der Waals surface area contributed by atoms with Gasteiger partial charge in [0.25, 0.3) is 5.91 Å². The molecule has 4 atom stereocenters. The van der Waals surface area contributed by atoms with Gasteiger partial charge >= 0.3 is 12.1 Å². The van der Waals surface area contributed by atoms with Crippen LogP contribution in [0.4, 0.5) is 20.7 Å². The van der Waals surface area contributed by atoms with Crippen LogP contribution in [0.1, 0.15) is 162 Å². The number of nitrogens with one attached hydrogen (secondary N) is 1. The van der Waals surface area contributed by atoms with E-state index in [1.165, 1.54) is 25.7 Å². The van der Waals surface area contributed by atoms with Gasteiger partial charge in [0.05, 0.1) is 30.2 Å². The lowest BCUT2D eigenvalue weighted by Gasteiger charge is -2.54. The van der Waals surface area contributed by atoms with Crippen LogP contribution < -0.4 is 24.6 Å². The molecule has 2 aromatic heterocycles. The summed E-state index contributed by atoms with van der Waals surface area (Å²) < 4.78 is 50.5. The molecule has 0 radical (unpaired) electrons. The molecule has 2 saturated carbocycles. The summed E-state index contributed by atoms with van der Waals surface area (Å²) in [5, 5.41) is 4.48. The van der Waals surface area contributed by atoms with Gasteiger partial charge in [-0.2, -0.15) is 9.97 Å². The first kappa shape index (κ1) is 71.6. The van der Waals surface area contributed by atoms with Crippen molar-refractivity contribution in [2.45, 2.75) is 212 Å². The molecule has 6 aliphatic heterocycles. The summed E-state index contributed by atoms with van der Waals surface area (Å²) in [6.07, 6.45) is 9.36. The van der Waals surface area contributed by atoms with Crippen molar-refractivity contribution in [2.24, 2.45) is 16.7 Å². The highest BCUT2D eigenvalue weighted by Crippen LogP contribution is 2.55. The molecule has 100 heavy (non-hydrogen) atoms. The number of carbonyl (C=O) groups is 4. The predicted octanol–water partition coefficient (Wildman–Crippen LogP) is 13.4. The van der Waals surface area contributed by atoms with Gasteiger partial charge in [-0.05, 0) is 179 Å². The highest BCUT2D eigenvalue weighted by atomic mass is 28.4. The molecule has 19 nitrogen and oxygen atoms in total. The average molecular weight is 1400 g/mol. The standard InChI is InChI=1S/C78H107FN10O9Si2/c1-14-99(15-2,16-3)98-65-38-58-45-87(46-64(65)89(58)75(93)97-76(10,11)12)71-62-42-80-69(61-39-59(96-49-94-13)37-55-19-17-18-54(67(55)61)24-35-100(50(4)5,51(6)7)52(8)9)68(79)70(62)82-74(83-71)95-48-78(25-26-78)47-85-29-27-77(28-30-85)40-53(41-77)43-84-31-33-86(34-32-84)57-20-21-60-56(36-57)44-88(73(60)92)63-22-23-66(90)81-72(63)91/h17-21,36-37,39,42,50-53,58,63-65H,14-16,22-23,25-34,38,40-41,43-49H2,1-13H3,(H,81,90,91)/t58?,63-,64?,65?/m0/s1. The van der Waals surface area contributed by atoms with Gasteiger partial charge in [0, 0.05) is 112 Å². The molecule has 5 saturated heterocycles. The highest BCUT2D eigenvalue weighted by molar-refractivity contribution is 6.90. The van der Waals surface area contributed by atoms with Crippen molar-refractivity contribution in [3.63, 3.8) is 0 Å². The van der Waals surface area contributed by atoms with Crippen LogP contribution in [0.25, 0.3) is 32.9 Å². The molecule has 8 aliphatic rings. The lowest BCUT2D eigenvalue weighted by atomic mass is 9.57. The molecule has 4 amide bonds. The van der Waals surface area contributed by atoms with Crippen LogP contribution in [0.15, 0.2) is 54.7 Å². The summed E-state index contributed by atoms with van der Waals surface area (Å²) in [5.74, 6) is 4.02. The summed E-state index contributed by atoms with van der Waals surface area (Å²) in [6.45, 7) is 35.8.